The Balaban J connectivity index is 2.30. The normalized spacial score (nSPS) is 11.8. The van der Waals surface area contributed by atoms with Crippen LogP contribution in [0.2, 0.25) is 0 Å². The molecule has 0 radical (unpaired) electrons. The zero-order valence-electron chi connectivity index (χ0n) is 13.9. The largest absolute Gasteiger partial charge is 0.334 e. The van der Waals surface area contributed by atoms with Crippen LogP contribution in [0.15, 0.2) is 35.5 Å². The summed E-state index contributed by atoms with van der Waals surface area (Å²) in [6.45, 7) is -1.23. The average molecular weight is 372 g/mol. The van der Waals surface area contributed by atoms with Crippen LogP contribution in [-0.4, -0.2) is 42.9 Å². The van der Waals surface area contributed by atoms with E-state index < -0.39 is 22.5 Å². The Labute approximate surface area is 144 Å². The van der Waals surface area contributed by atoms with E-state index in [0.717, 1.165) is 6.20 Å². The number of carbonyl (C=O) groups excluding carboxylic acids is 1. The molecule has 1 heterocycles. The smallest absolute Gasteiger partial charge is 0.319 e. The number of carbonyl (C=O) groups is 1. The summed E-state index contributed by atoms with van der Waals surface area (Å²) in [7, 11) is -0.994. The minimum atomic E-state index is -3.70. The number of amides is 1. The lowest BCUT2D eigenvalue weighted by molar-refractivity contribution is 0.0612. The van der Waals surface area contributed by atoms with Crippen molar-refractivity contribution in [2.45, 2.75) is 24.9 Å². The molecule has 0 unspecified atom stereocenters. The van der Waals surface area contributed by atoms with Crippen molar-refractivity contribution >= 4 is 15.9 Å². The van der Waals surface area contributed by atoms with Crippen LogP contribution in [0.1, 0.15) is 28.3 Å². The molecule has 2 rings (SSSR count). The molecule has 0 saturated heterocycles. The predicted octanol–water partition coefficient (Wildman–Crippen LogP) is 1.77. The van der Waals surface area contributed by atoms with E-state index in [0.29, 0.717) is 10.1 Å². The highest BCUT2D eigenvalue weighted by molar-refractivity contribution is 7.89. The van der Waals surface area contributed by atoms with Gasteiger partial charge < -0.3 is 4.90 Å². The van der Waals surface area contributed by atoms with E-state index in [1.54, 1.807) is 6.92 Å². The number of rotatable bonds is 6. The monoisotopic (exact) mass is 372 g/mol. The fourth-order valence-corrected chi connectivity index (χ4v) is 3.01. The number of benzene rings is 1. The first-order chi connectivity index (χ1) is 11.7. The molecule has 0 spiro atoms. The van der Waals surface area contributed by atoms with E-state index in [4.69, 9.17) is 0 Å². The van der Waals surface area contributed by atoms with Gasteiger partial charge in [0.15, 0.2) is 0 Å². The van der Waals surface area contributed by atoms with Crippen molar-refractivity contribution in [1.82, 2.24) is 19.2 Å². The fraction of sp³-hybridized carbons (Fsp3) is 0.333. The number of nitrogens with zero attached hydrogens (tertiary/aromatic N) is 3. The van der Waals surface area contributed by atoms with Gasteiger partial charge in [-0.2, -0.15) is 8.78 Å². The zero-order chi connectivity index (χ0) is 18.8. The van der Waals surface area contributed by atoms with Crippen molar-refractivity contribution in [3.05, 3.63) is 47.5 Å². The standard InChI is InChI=1S/C15H18F2N4O3S/c1-10-4-5-11(25(23,24)18-2)8-12(10)14(22)20(3)9-13-19-6-7-21(13)15(16)17/h4-8,15,18H,9H2,1-3H3. The molecule has 0 aliphatic rings. The highest BCUT2D eigenvalue weighted by Gasteiger charge is 2.21. The third-order valence-electron chi connectivity index (χ3n) is 3.70. The maximum Gasteiger partial charge on any atom is 0.319 e. The number of aryl methyl sites for hydroxylation is 1. The topological polar surface area (TPSA) is 84.3 Å². The highest BCUT2D eigenvalue weighted by atomic mass is 32.2. The first kappa shape index (κ1) is 19.0. The van der Waals surface area contributed by atoms with Crippen LogP contribution in [0.3, 0.4) is 0 Å². The number of imidazole rings is 1. The second-order valence-electron chi connectivity index (χ2n) is 5.37. The Bertz CT molecular complexity index is 881. The number of nitrogens with one attached hydrogen (secondary N) is 1. The second kappa shape index (κ2) is 7.28. The number of aromatic nitrogens is 2. The molecular weight excluding hydrogens is 354 g/mol. The number of sulfonamides is 1. The summed E-state index contributed by atoms with van der Waals surface area (Å²) in [5.74, 6) is -0.461. The van der Waals surface area contributed by atoms with Crippen molar-refractivity contribution in [1.29, 1.82) is 0 Å². The second-order valence-corrected chi connectivity index (χ2v) is 7.26. The quantitative estimate of drug-likeness (QED) is 0.838. The minimum absolute atomic E-state index is 0.0301. The zero-order valence-corrected chi connectivity index (χ0v) is 14.7. The number of alkyl halides is 2. The van der Waals surface area contributed by atoms with Gasteiger partial charge in [0.05, 0.1) is 11.4 Å². The molecule has 25 heavy (non-hydrogen) atoms. The first-order valence-corrected chi connectivity index (χ1v) is 8.75. The molecule has 1 amide bonds. The van der Waals surface area contributed by atoms with Crippen LogP contribution in [0.4, 0.5) is 8.78 Å². The molecule has 0 aliphatic heterocycles. The number of halogens is 2. The number of hydrogen-bond donors (Lipinski definition) is 1. The lowest BCUT2D eigenvalue weighted by Crippen LogP contribution is -2.29. The van der Waals surface area contributed by atoms with E-state index in [1.165, 1.54) is 43.4 Å². The van der Waals surface area contributed by atoms with Gasteiger partial charge in [-0.1, -0.05) is 6.07 Å². The molecule has 7 nitrogen and oxygen atoms in total. The minimum Gasteiger partial charge on any atom is -0.334 e. The first-order valence-electron chi connectivity index (χ1n) is 7.27. The Hall–Kier alpha value is -2.33. The molecule has 1 aromatic heterocycles. The lowest BCUT2D eigenvalue weighted by Gasteiger charge is -2.19. The number of hydrogen-bond acceptors (Lipinski definition) is 4. The Morgan fingerprint density at radius 1 is 1.40 bits per heavy atom. The fourth-order valence-electron chi connectivity index (χ4n) is 2.25. The lowest BCUT2D eigenvalue weighted by atomic mass is 10.1. The average Bonchev–Trinajstić information content (AvgIpc) is 3.02. The van der Waals surface area contributed by atoms with Gasteiger partial charge in [-0.15, -0.1) is 0 Å². The Morgan fingerprint density at radius 2 is 2.08 bits per heavy atom. The molecule has 0 saturated carbocycles. The molecule has 10 heteroatoms. The molecule has 1 aromatic carbocycles. The Morgan fingerprint density at radius 3 is 2.68 bits per heavy atom. The van der Waals surface area contributed by atoms with Crippen LogP contribution in [0.25, 0.3) is 0 Å². The molecule has 2 aromatic rings. The maximum absolute atomic E-state index is 12.9. The predicted molar refractivity (Wildman–Crippen MR) is 86.7 cm³/mol. The van der Waals surface area contributed by atoms with Crippen molar-refractivity contribution in [3.8, 4) is 0 Å². The van der Waals surface area contributed by atoms with Crippen LogP contribution in [-0.2, 0) is 16.6 Å². The molecule has 0 fully saturated rings. The summed E-state index contributed by atoms with van der Waals surface area (Å²) < 4.78 is 52.4. The summed E-state index contributed by atoms with van der Waals surface area (Å²) in [4.78, 5) is 17.6. The molecular formula is C15H18F2N4O3S. The summed E-state index contributed by atoms with van der Waals surface area (Å²) in [5, 5.41) is 0. The maximum atomic E-state index is 12.9. The van der Waals surface area contributed by atoms with Crippen molar-refractivity contribution in [3.63, 3.8) is 0 Å². The van der Waals surface area contributed by atoms with Gasteiger partial charge in [0.25, 0.3) is 5.91 Å². The van der Waals surface area contributed by atoms with Gasteiger partial charge in [-0.05, 0) is 31.7 Å². The SMILES string of the molecule is CNS(=O)(=O)c1ccc(C)c(C(=O)N(C)Cc2nccn2C(F)F)c1. The van der Waals surface area contributed by atoms with Crippen LogP contribution >= 0.6 is 0 Å². The summed E-state index contributed by atoms with van der Waals surface area (Å²) >= 11 is 0. The summed E-state index contributed by atoms with van der Waals surface area (Å²) in [6.07, 6.45) is 2.36. The third kappa shape index (κ3) is 4.02. The van der Waals surface area contributed by atoms with Crippen LogP contribution in [0.5, 0.6) is 0 Å². The van der Waals surface area contributed by atoms with E-state index >= 15 is 0 Å². The molecule has 0 bridgehead atoms. The van der Waals surface area contributed by atoms with Gasteiger partial charge in [0.1, 0.15) is 5.82 Å². The molecule has 1 N–H and O–H groups in total. The van der Waals surface area contributed by atoms with Crippen molar-refractivity contribution < 1.29 is 22.0 Å². The van der Waals surface area contributed by atoms with Gasteiger partial charge >= 0.3 is 6.55 Å². The van der Waals surface area contributed by atoms with E-state index in [9.17, 15) is 22.0 Å². The molecule has 0 aliphatic carbocycles. The highest BCUT2D eigenvalue weighted by Crippen LogP contribution is 2.19. The van der Waals surface area contributed by atoms with E-state index in [2.05, 4.69) is 9.71 Å². The summed E-state index contributed by atoms with van der Waals surface area (Å²) in [5.41, 5.74) is 0.748. The van der Waals surface area contributed by atoms with Crippen LogP contribution < -0.4 is 4.72 Å². The van der Waals surface area contributed by atoms with Crippen molar-refractivity contribution in [2.24, 2.45) is 0 Å². The van der Waals surface area contributed by atoms with Crippen molar-refractivity contribution in [2.75, 3.05) is 14.1 Å². The molecule has 0 atom stereocenters. The third-order valence-corrected chi connectivity index (χ3v) is 5.11. The van der Waals surface area contributed by atoms with Gasteiger partial charge in [0.2, 0.25) is 10.0 Å². The van der Waals surface area contributed by atoms with Crippen LogP contribution in [0, 0.1) is 6.92 Å². The summed E-state index contributed by atoms with van der Waals surface area (Å²) in [6, 6.07) is 4.17. The Kier molecular flexibility index (Phi) is 5.53. The van der Waals surface area contributed by atoms with Gasteiger partial charge in [0, 0.05) is 25.0 Å². The van der Waals surface area contributed by atoms with E-state index in [-0.39, 0.29) is 22.8 Å². The molecule has 136 valence electrons. The van der Waals surface area contributed by atoms with Gasteiger partial charge in [-0.25, -0.2) is 18.1 Å². The van der Waals surface area contributed by atoms with E-state index in [1.807, 2.05) is 0 Å². The van der Waals surface area contributed by atoms with Gasteiger partial charge in [-0.3, -0.25) is 9.36 Å².